The normalized spacial score (nSPS) is 12.8. The molecule has 0 spiro atoms. The van der Waals surface area contributed by atoms with Gasteiger partial charge in [0.05, 0.1) is 0 Å². The van der Waals surface area contributed by atoms with Crippen molar-refractivity contribution in [1.29, 1.82) is 0 Å². The van der Waals surface area contributed by atoms with E-state index >= 15 is 0 Å². The molecule has 0 atom stereocenters. The molecule has 0 unspecified atom stereocenters. The second-order valence-corrected chi connectivity index (χ2v) is 6.56. The summed E-state index contributed by atoms with van der Waals surface area (Å²) in [6, 6.07) is 7.60. The number of hydrogen-bond donors (Lipinski definition) is 1. The van der Waals surface area contributed by atoms with E-state index in [1.807, 2.05) is 35.0 Å². The van der Waals surface area contributed by atoms with Crippen molar-refractivity contribution >= 4 is 17.2 Å². The first-order chi connectivity index (χ1) is 12.8. The molecule has 0 saturated heterocycles. The molecule has 8 heteroatoms. The average Bonchev–Trinajstić information content (AvgIpc) is 3.36. The van der Waals surface area contributed by atoms with Gasteiger partial charge in [-0.25, -0.2) is 0 Å². The van der Waals surface area contributed by atoms with Crippen LogP contribution in [0.1, 0.15) is 17.9 Å². The number of aryl methyl sites for hydroxylation is 1. The smallest absolute Gasteiger partial charge is 0.227 e. The summed E-state index contributed by atoms with van der Waals surface area (Å²) in [7, 11) is 0. The first-order valence-electron chi connectivity index (χ1n) is 8.28. The quantitative estimate of drug-likeness (QED) is 0.717. The Labute approximate surface area is 153 Å². The van der Waals surface area contributed by atoms with Crippen molar-refractivity contribution in [3.8, 4) is 22.9 Å². The Morgan fingerprint density at radius 3 is 2.92 bits per heavy atom. The summed E-state index contributed by atoms with van der Waals surface area (Å²) in [5, 5.41) is 10.7. The zero-order chi connectivity index (χ0) is 17.8. The topological polar surface area (TPSA) is 86.5 Å². The Morgan fingerprint density at radius 1 is 1.19 bits per heavy atom. The van der Waals surface area contributed by atoms with E-state index in [1.54, 1.807) is 11.3 Å². The maximum Gasteiger partial charge on any atom is 0.227 e. The largest absolute Gasteiger partial charge is 0.486 e. The van der Waals surface area contributed by atoms with Crippen molar-refractivity contribution in [1.82, 2.24) is 15.5 Å². The molecule has 3 aromatic rings. The van der Waals surface area contributed by atoms with E-state index < -0.39 is 0 Å². The highest BCUT2D eigenvalue weighted by Gasteiger charge is 2.13. The van der Waals surface area contributed by atoms with E-state index in [9.17, 15) is 4.79 Å². The Hall–Kier alpha value is -2.87. The lowest BCUT2D eigenvalue weighted by atomic mass is 10.2. The van der Waals surface area contributed by atoms with E-state index in [0.717, 1.165) is 22.6 Å². The second-order valence-electron chi connectivity index (χ2n) is 5.78. The zero-order valence-corrected chi connectivity index (χ0v) is 14.8. The maximum absolute atomic E-state index is 12.1. The van der Waals surface area contributed by atoms with Crippen LogP contribution in [0.4, 0.5) is 0 Å². The van der Waals surface area contributed by atoms with Crippen LogP contribution in [-0.4, -0.2) is 29.3 Å². The van der Waals surface area contributed by atoms with Gasteiger partial charge in [-0.3, -0.25) is 4.79 Å². The van der Waals surface area contributed by atoms with Crippen LogP contribution < -0.4 is 14.8 Å². The van der Waals surface area contributed by atoms with Crippen LogP contribution in [0.5, 0.6) is 11.5 Å². The van der Waals surface area contributed by atoms with Gasteiger partial charge >= 0.3 is 0 Å². The second kappa shape index (κ2) is 7.57. The van der Waals surface area contributed by atoms with Crippen molar-refractivity contribution in [3.05, 3.63) is 46.5 Å². The highest BCUT2D eigenvalue weighted by atomic mass is 32.1. The molecule has 134 valence electrons. The molecule has 7 nitrogen and oxygen atoms in total. The molecule has 1 aromatic carbocycles. The van der Waals surface area contributed by atoms with E-state index in [4.69, 9.17) is 14.0 Å². The first-order valence-corrected chi connectivity index (χ1v) is 9.22. The number of aromatic nitrogens is 2. The molecule has 0 aliphatic carbocycles. The molecule has 1 aliphatic rings. The van der Waals surface area contributed by atoms with Gasteiger partial charge in [0.1, 0.15) is 13.2 Å². The zero-order valence-electron chi connectivity index (χ0n) is 13.9. The summed E-state index contributed by atoms with van der Waals surface area (Å²) in [6.07, 6.45) is 0.694. The monoisotopic (exact) mass is 371 g/mol. The van der Waals surface area contributed by atoms with Crippen LogP contribution in [-0.2, 0) is 17.8 Å². The van der Waals surface area contributed by atoms with Gasteiger partial charge in [0.15, 0.2) is 11.5 Å². The first kappa shape index (κ1) is 16.6. The van der Waals surface area contributed by atoms with Gasteiger partial charge in [0.2, 0.25) is 17.6 Å². The van der Waals surface area contributed by atoms with Gasteiger partial charge in [-0.15, -0.1) is 0 Å². The highest BCUT2D eigenvalue weighted by molar-refractivity contribution is 7.08. The van der Waals surface area contributed by atoms with Gasteiger partial charge < -0.3 is 19.3 Å². The van der Waals surface area contributed by atoms with Gasteiger partial charge in [-0.05, 0) is 29.1 Å². The lowest BCUT2D eigenvalue weighted by Gasteiger charge is -2.18. The number of rotatable bonds is 6. The minimum Gasteiger partial charge on any atom is -0.486 e. The Kier molecular flexibility index (Phi) is 4.83. The molecule has 26 heavy (non-hydrogen) atoms. The fraction of sp³-hybridized carbons (Fsp3) is 0.278. The molecular weight excluding hydrogens is 354 g/mol. The highest BCUT2D eigenvalue weighted by Crippen LogP contribution is 2.30. The number of carbonyl (C=O) groups excluding carboxylic acids is 1. The molecule has 3 heterocycles. The number of benzene rings is 1. The molecule has 0 saturated carbocycles. The fourth-order valence-corrected chi connectivity index (χ4v) is 3.21. The molecule has 0 bridgehead atoms. The van der Waals surface area contributed by atoms with Crippen molar-refractivity contribution < 1.29 is 18.8 Å². The van der Waals surface area contributed by atoms with Crippen LogP contribution in [0.2, 0.25) is 0 Å². The molecule has 1 aliphatic heterocycles. The third-order valence-electron chi connectivity index (χ3n) is 3.91. The summed E-state index contributed by atoms with van der Waals surface area (Å²) in [5.74, 6) is 2.40. The van der Waals surface area contributed by atoms with Gasteiger partial charge in [0, 0.05) is 30.3 Å². The van der Waals surface area contributed by atoms with Crippen LogP contribution in [0, 0.1) is 0 Å². The SMILES string of the molecule is O=C(CCc1nc(-c2ccsc2)no1)NCc1ccc2c(c1)OCCO2. The summed E-state index contributed by atoms with van der Waals surface area (Å²) < 4.78 is 16.2. The Bertz CT molecular complexity index is 892. The Morgan fingerprint density at radius 2 is 2.08 bits per heavy atom. The van der Waals surface area contributed by atoms with Crippen LogP contribution in [0.15, 0.2) is 39.5 Å². The average molecular weight is 371 g/mol. The fourth-order valence-electron chi connectivity index (χ4n) is 2.57. The van der Waals surface area contributed by atoms with Crippen LogP contribution in [0.3, 0.4) is 0 Å². The van der Waals surface area contributed by atoms with Crippen molar-refractivity contribution in [2.45, 2.75) is 19.4 Å². The number of carbonyl (C=O) groups is 1. The third-order valence-corrected chi connectivity index (χ3v) is 4.59. The predicted molar refractivity (Wildman–Crippen MR) is 95.2 cm³/mol. The lowest BCUT2D eigenvalue weighted by molar-refractivity contribution is -0.121. The molecule has 0 radical (unpaired) electrons. The molecule has 1 amide bonds. The number of fused-ring (bicyclic) bond motifs is 1. The third kappa shape index (κ3) is 3.85. The number of amides is 1. The minimum absolute atomic E-state index is 0.0739. The molecular formula is C18H17N3O4S. The van der Waals surface area contributed by atoms with E-state index in [-0.39, 0.29) is 12.3 Å². The molecule has 1 N–H and O–H groups in total. The number of nitrogens with zero attached hydrogens (tertiary/aromatic N) is 2. The predicted octanol–water partition coefficient (Wildman–Crippen LogP) is 2.82. The number of nitrogens with one attached hydrogen (secondary N) is 1. The number of thiophene rings is 1. The molecule has 0 fully saturated rings. The summed E-state index contributed by atoms with van der Waals surface area (Å²) >= 11 is 1.57. The van der Waals surface area contributed by atoms with Crippen molar-refractivity contribution in [2.24, 2.45) is 0 Å². The lowest BCUT2D eigenvalue weighted by Crippen LogP contribution is -2.23. The van der Waals surface area contributed by atoms with Gasteiger partial charge in [-0.1, -0.05) is 11.2 Å². The summed E-state index contributed by atoms with van der Waals surface area (Å²) in [6.45, 7) is 1.53. The Balaban J connectivity index is 1.27. The van der Waals surface area contributed by atoms with Crippen molar-refractivity contribution in [3.63, 3.8) is 0 Å². The molecule has 4 rings (SSSR count). The van der Waals surface area contributed by atoms with E-state index in [1.165, 1.54) is 0 Å². The standard InChI is InChI=1S/C18H17N3O4S/c22-16(3-4-17-20-18(21-25-17)13-5-8-26-11-13)19-10-12-1-2-14-15(9-12)24-7-6-23-14/h1-2,5,8-9,11H,3-4,6-7,10H2,(H,19,22). The summed E-state index contributed by atoms with van der Waals surface area (Å²) in [4.78, 5) is 16.4. The minimum atomic E-state index is -0.0739. The number of hydrogen-bond acceptors (Lipinski definition) is 7. The van der Waals surface area contributed by atoms with Crippen LogP contribution >= 0.6 is 11.3 Å². The van der Waals surface area contributed by atoms with Gasteiger partial charge in [0.25, 0.3) is 0 Å². The summed E-state index contributed by atoms with van der Waals surface area (Å²) in [5.41, 5.74) is 1.88. The van der Waals surface area contributed by atoms with Gasteiger partial charge in [-0.2, -0.15) is 16.3 Å². The molecule has 2 aromatic heterocycles. The van der Waals surface area contributed by atoms with E-state index in [2.05, 4.69) is 15.5 Å². The van der Waals surface area contributed by atoms with E-state index in [0.29, 0.717) is 37.9 Å². The number of ether oxygens (including phenoxy) is 2. The van der Waals surface area contributed by atoms with Crippen LogP contribution in [0.25, 0.3) is 11.4 Å². The van der Waals surface area contributed by atoms with Crippen molar-refractivity contribution in [2.75, 3.05) is 13.2 Å². The maximum atomic E-state index is 12.1.